The number of esters is 1. The van der Waals surface area contributed by atoms with Crippen molar-refractivity contribution in [3.63, 3.8) is 0 Å². The Hall–Kier alpha value is -1.87. The summed E-state index contributed by atoms with van der Waals surface area (Å²) in [5.41, 5.74) is 1.48. The molecular formula is C18H23N3O4S2. The van der Waals surface area contributed by atoms with E-state index in [0.717, 1.165) is 19.3 Å². The molecule has 9 heteroatoms. The first-order chi connectivity index (χ1) is 13.0. The molecule has 0 aliphatic carbocycles. The van der Waals surface area contributed by atoms with E-state index in [9.17, 15) is 14.4 Å². The molecule has 0 saturated carbocycles. The SMILES string of the molecule is C[C@@H](OC(=O)CCCC[C@@H]1CCSS1)C(=O)Nc1ccc2[nH]c(=O)[nH]c2c1. The Kier molecular flexibility index (Phi) is 6.89. The Balaban J connectivity index is 1.40. The van der Waals surface area contributed by atoms with Gasteiger partial charge in [0.2, 0.25) is 0 Å². The fourth-order valence-electron chi connectivity index (χ4n) is 2.87. The number of imidazole rings is 1. The highest BCUT2D eigenvalue weighted by molar-refractivity contribution is 8.77. The average molecular weight is 410 g/mol. The molecule has 2 heterocycles. The molecule has 2 atom stereocenters. The Morgan fingerprint density at radius 3 is 2.89 bits per heavy atom. The van der Waals surface area contributed by atoms with Crippen LogP contribution in [0.5, 0.6) is 0 Å². The minimum absolute atomic E-state index is 0.305. The van der Waals surface area contributed by atoms with E-state index in [1.807, 2.05) is 21.6 Å². The highest BCUT2D eigenvalue weighted by atomic mass is 33.1. The lowest BCUT2D eigenvalue weighted by molar-refractivity contribution is -0.153. The maximum absolute atomic E-state index is 12.2. The van der Waals surface area contributed by atoms with Crippen LogP contribution in [0.1, 0.15) is 39.0 Å². The van der Waals surface area contributed by atoms with Gasteiger partial charge in [0, 0.05) is 23.1 Å². The molecule has 3 rings (SSSR count). The minimum atomic E-state index is -0.875. The van der Waals surface area contributed by atoms with Gasteiger partial charge in [0.25, 0.3) is 5.91 Å². The fraction of sp³-hybridized carbons (Fsp3) is 0.500. The third kappa shape index (κ3) is 5.80. The Labute approximate surface area is 164 Å². The van der Waals surface area contributed by atoms with Gasteiger partial charge in [0.1, 0.15) is 0 Å². The summed E-state index contributed by atoms with van der Waals surface area (Å²) >= 11 is 0. The van der Waals surface area contributed by atoms with Gasteiger partial charge in [-0.2, -0.15) is 0 Å². The second kappa shape index (κ2) is 9.36. The molecule has 146 valence electrons. The first-order valence-corrected chi connectivity index (χ1v) is 11.4. The lowest BCUT2D eigenvalue weighted by atomic mass is 10.1. The van der Waals surface area contributed by atoms with Crippen LogP contribution in [0.3, 0.4) is 0 Å². The van der Waals surface area contributed by atoms with Gasteiger partial charge in [-0.25, -0.2) is 4.79 Å². The van der Waals surface area contributed by atoms with Crippen molar-refractivity contribution >= 4 is 50.2 Å². The van der Waals surface area contributed by atoms with E-state index in [1.165, 1.54) is 12.2 Å². The largest absolute Gasteiger partial charge is 0.453 e. The number of carbonyl (C=O) groups is 2. The molecule has 0 spiro atoms. The predicted octanol–water partition coefficient (Wildman–Crippen LogP) is 3.44. The second-order valence-corrected chi connectivity index (χ2v) is 9.32. The van der Waals surface area contributed by atoms with E-state index in [4.69, 9.17) is 4.74 Å². The average Bonchev–Trinajstić information content (AvgIpc) is 3.26. The molecule has 7 nitrogen and oxygen atoms in total. The standard InChI is InChI=1S/C18H23N3O4S2/c1-11(25-16(22)5-3-2-4-13-8-9-26-27-13)17(23)19-12-6-7-14-15(10-12)21-18(24)20-14/h6-7,10-11,13H,2-5,8-9H2,1H3,(H,19,23)(H2,20,21,24)/t11-,13-/m1/s1. The summed E-state index contributed by atoms with van der Waals surface area (Å²) in [5, 5.41) is 3.41. The van der Waals surface area contributed by atoms with Crippen LogP contribution in [0.4, 0.5) is 5.69 Å². The van der Waals surface area contributed by atoms with Gasteiger partial charge in [-0.1, -0.05) is 28.0 Å². The number of anilines is 1. The number of benzene rings is 1. The summed E-state index contributed by atoms with van der Waals surface area (Å²) in [6.07, 6.45) is 3.62. The second-order valence-electron chi connectivity index (χ2n) is 6.54. The summed E-state index contributed by atoms with van der Waals surface area (Å²) in [6, 6.07) is 5.03. The molecule has 1 fully saturated rings. The van der Waals surface area contributed by atoms with Crippen LogP contribution in [0, 0.1) is 0 Å². The highest BCUT2D eigenvalue weighted by Crippen LogP contribution is 2.39. The van der Waals surface area contributed by atoms with Crippen molar-refractivity contribution in [1.82, 2.24) is 9.97 Å². The topological polar surface area (TPSA) is 104 Å². The van der Waals surface area contributed by atoms with Crippen LogP contribution < -0.4 is 11.0 Å². The molecule has 0 bridgehead atoms. The van der Waals surface area contributed by atoms with Crippen LogP contribution in [0.15, 0.2) is 23.0 Å². The third-order valence-corrected chi connectivity index (χ3v) is 7.35. The summed E-state index contributed by atoms with van der Waals surface area (Å²) in [5.74, 6) is 0.466. The number of H-pyrrole nitrogens is 2. The van der Waals surface area contributed by atoms with Crippen molar-refractivity contribution in [3.8, 4) is 0 Å². The molecule has 1 aromatic carbocycles. The normalized spacial score (nSPS) is 17.7. The van der Waals surface area contributed by atoms with Gasteiger partial charge in [-0.3, -0.25) is 9.59 Å². The number of fused-ring (bicyclic) bond motifs is 1. The van der Waals surface area contributed by atoms with Gasteiger partial charge in [0.15, 0.2) is 6.10 Å². The van der Waals surface area contributed by atoms with Crippen LogP contribution in [0.2, 0.25) is 0 Å². The fourth-order valence-corrected chi connectivity index (χ4v) is 5.90. The van der Waals surface area contributed by atoms with Crippen molar-refractivity contribution in [1.29, 1.82) is 0 Å². The Morgan fingerprint density at radius 1 is 1.30 bits per heavy atom. The number of aromatic nitrogens is 2. The van der Waals surface area contributed by atoms with E-state index in [1.54, 1.807) is 25.1 Å². The van der Waals surface area contributed by atoms with Crippen LogP contribution in [-0.2, 0) is 14.3 Å². The molecule has 1 aliphatic rings. The number of unbranched alkanes of at least 4 members (excludes halogenated alkanes) is 1. The van der Waals surface area contributed by atoms with Crippen molar-refractivity contribution in [3.05, 3.63) is 28.7 Å². The van der Waals surface area contributed by atoms with E-state index in [0.29, 0.717) is 28.4 Å². The van der Waals surface area contributed by atoms with Crippen molar-refractivity contribution < 1.29 is 14.3 Å². The molecule has 1 aromatic heterocycles. The van der Waals surface area contributed by atoms with Gasteiger partial charge in [-0.05, 0) is 44.4 Å². The van der Waals surface area contributed by atoms with Crippen LogP contribution in [0.25, 0.3) is 11.0 Å². The molecule has 1 saturated heterocycles. The van der Waals surface area contributed by atoms with Gasteiger partial charge in [0.05, 0.1) is 11.0 Å². The predicted molar refractivity (Wildman–Crippen MR) is 110 cm³/mol. The number of aromatic amines is 2. The van der Waals surface area contributed by atoms with Crippen molar-refractivity contribution in [2.24, 2.45) is 0 Å². The number of amides is 1. The minimum Gasteiger partial charge on any atom is -0.453 e. The number of hydrogen-bond donors (Lipinski definition) is 3. The zero-order valence-electron chi connectivity index (χ0n) is 15.1. The Morgan fingerprint density at radius 2 is 2.11 bits per heavy atom. The zero-order valence-corrected chi connectivity index (χ0v) is 16.7. The van der Waals surface area contributed by atoms with Crippen molar-refractivity contribution in [2.45, 2.75) is 50.4 Å². The van der Waals surface area contributed by atoms with Crippen LogP contribution in [-0.4, -0.2) is 39.0 Å². The molecule has 27 heavy (non-hydrogen) atoms. The molecule has 0 unspecified atom stereocenters. The number of nitrogens with one attached hydrogen (secondary N) is 3. The van der Waals surface area contributed by atoms with E-state index >= 15 is 0 Å². The summed E-state index contributed by atoms with van der Waals surface area (Å²) < 4.78 is 5.22. The van der Waals surface area contributed by atoms with E-state index in [2.05, 4.69) is 15.3 Å². The van der Waals surface area contributed by atoms with Gasteiger partial charge < -0.3 is 20.0 Å². The smallest absolute Gasteiger partial charge is 0.323 e. The molecular weight excluding hydrogens is 386 g/mol. The highest BCUT2D eigenvalue weighted by Gasteiger charge is 2.19. The number of hydrogen-bond acceptors (Lipinski definition) is 6. The maximum Gasteiger partial charge on any atom is 0.323 e. The molecule has 1 amide bonds. The molecule has 0 radical (unpaired) electrons. The number of rotatable bonds is 8. The van der Waals surface area contributed by atoms with Gasteiger partial charge >= 0.3 is 11.7 Å². The zero-order chi connectivity index (χ0) is 19.2. The summed E-state index contributed by atoms with van der Waals surface area (Å²) in [4.78, 5) is 40.7. The number of ether oxygens (including phenoxy) is 1. The first-order valence-electron chi connectivity index (χ1n) is 9.02. The quantitative estimate of drug-likeness (QED) is 0.350. The summed E-state index contributed by atoms with van der Waals surface area (Å²) in [6.45, 7) is 1.55. The lowest BCUT2D eigenvalue weighted by Crippen LogP contribution is -2.29. The Bertz CT molecular complexity index is 858. The van der Waals surface area contributed by atoms with E-state index < -0.39 is 12.0 Å². The molecule has 3 N–H and O–H groups in total. The number of carbonyl (C=O) groups excluding carboxylic acids is 2. The van der Waals surface area contributed by atoms with Crippen molar-refractivity contribution in [2.75, 3.05) is 11.1 Å². The van der Waals surface area contributed by atoms with Gasteiger partial charge in [-0.15, -0.1) is 0 Å². The molecule has 2 aromatic rings. The first kappa shape index (κ1) is 19.9. The van der Waals surface area contributed by atoms with Crippen LogP contribution >= 0.6 is 21.6 Å². The van der Waals surface area contributed by atoms with E-state index in [-0.39, 0.29) is 11.7 Å². The monoisotopic (exact) mass is 409 g/mol. The summed E-state index contributed by atoms with van der Waals surface area (Å²) in [7, 11) is 3.87. The third-order valence-electron chi connectivity index (χ3n) is 4.35. The molecule has 1 aliphatic heterocycles. The maximum atomic E-state index is 12.2. The lowest BCUT2D eigenvalue weighted by Gasteiger charge is -2.14.